The summed E-state index contributed by atoms with van der Waals surface area (Å²) in [6.07, 6.45) is 1.61. The number of aliphatic hydroxyl groups is 1. The Balaban J connectivity index is 1.92. The summed E-state index contributed by atoms with van der Waals surface area (Å²) in [4.78, 5) is 19.1. The van der Waals surface area contributed by atoms with Crippen molar-refractivity contribution in [2.45, 2.75) is 19.4 Å². The molecule has 110 valence electrons. The predicted octanol–water partition coefficient (Wildman–Crippen LogP) is 0.673. The Bertz CT molecular complexity index is 460. The molecule has 1 aromatic rings. The first-order valence-electron chi connectivity index (χ1n) is 6.74. The lowest BCUT2D eigenvalue weighted by Gasteiger charge is -2.38. The van der Waals surface area contributed by atoms with Crippen LogP contribution in [0, 0.1) is 0 Å². The van der Waals surface area contributed by atoms with Gasteiger partial charge in [0, 0.05) is 32.7 Å². The van der Waals surface area contributed by atoms with E-state index in [0.29, 0.717) is 6.54 Å². The van der Waals surface area contributed by atoms with E-state index >= 15 is 0 Å². The zero-order valence-corrected chi connectivity index (χ0v) is 11.9. The van der Waals surface area contributed by atoms with Gasteiger partial charge < -0.3 is 15.1 Å². The van der Waals surface area contributed by atoms with Crippen molar-refractivity contribution in [3.8, 4) is 0 Å². The highest BCUT2D eigenvalue weighted by Crippen LogP contribution is 2.16. The van der Waals surface area contributed by atoms with Crippen molar-refractivity contribution in [2.24, 2.45) is 0 Å². The SMILES string of the molecule is CC(C)(O)CN1CCN(c2ccc(C(=O)O)nc2)CC1. The average Bonchev–Trinajstić information content (AvgIpc) is 2.38. The van der Waals surface area contributed by atoms with Crippen LogP contribution in [0.25, 0.3) is 0 Å². The first-order valence-corrected chi connectivity index (χ1v) is 6.74. The number of pyridine rings is 1. The number of aromatic carboxylic acids is 1. The van der Waals surface area contributed by atoms with Crippen LogP contribution in [0.1, 0.15) is 24.3 Å². The Hall–Kier alpha value is -1.66. The molecule has 1 aromatic heterocycles. The van der Waals surface area contributed by atoms with E-state index in [1.54, 1.807) is 12.3 Å². The normalized spacial score (nSPS) is 17.2. The third-order valence-corrected chi connectivity index (χ3v) is 3.31. The van der Waals surface area contributed by atoms with Crippen LogP contribution >= 0.6 is 0 Å². The van der Waals surface area contributed by atoms with E-state index < -0.39 is 11.6 Å². The number of carbonyl (C=O) groups is 1. The zero-order chi connectivity index (χ0) is 14.8. The quantitative estimate of drug-likeness (QED) is 0.843. The minimum atomic E-state index is -1.01. The fraction of sp³-hybridized carbons (Fsp3) is 0.571. The molecular weight excluding hydrogens is 258 g/mol. The highest BCUT2D eigenvalue weighted by molar-refractivity contribution is 5.85. The first kappa shape index (κ1) is 14.7. The Morgan fingerprint density at radius 1 is 1.30 bits per heavy atom. The molecule has 2 rings (SSSR count). The molecule has 6 nitrogen and oxygen atoms in total. The monoisotopic (exact) mass is 279 g/mol. The molecule has 0 aliphatic carbocycles. The largest absolute Gasteiger partial charge is 0.477 e. The number of nitrogens with zero attached hydrogens (tertiary/aromatic N) is 3. The molecule has 0 bridgehead atoms. The Labute approximate surface area is 118 Å². The van der Waals surface area contributed by atoms with Crippen molar-refractivity contribution in [3.05, 3.63) is 24.0 Å². The van der Waals surface area contributed by atoms with Gasteiger partial charge in [0.25, 0.3) is 0 Å². The summed E-state index contributed by atoms with van der Waals surface area (Å²) in [5, 5.41) is 18.6. The second-order valence-corrected chi connectivity index (χ2v) is 5.78. The molecule has 20 heavy (non-hydrogen) atoms. The molecule has 2 N–H and O–H groups in total. The fourth-order valence-corrected chi connectivity index (χ4v) is 2.41. The van der Waals surface area contributed by atoms with Gasteiger partial charge in [0.15, 0.2) is 0 Å². The van der Waals surface area contributed by atoms with Crippen molar-refractivity contribution in [2.75, 3.05) is 37.6 Å². The molecule has 0 amide bonds. The topological polar surface area (TPSA) is 76.9 Å². The number of carboxylic acids is 1. The number of β-amino-alcohol motifs (C(OH)–C–C–N with tert-alkyl or cyclic N) is 1. The maximum Gasteiger partial charge on any atom is 0.354 e. The molecule has 2 heterocycles. The number of hydrogen-bond donors (Lipinski definition) is 2. The third-order valence-electron chi connectivity index (χ3n) is 3.31. The van der Waals surface area contributed by atoms with Crippen molar-refractivity contribution in [1.29, 1.82) is 0 Å². The lowest BCUT2D eigenvalue weighted by Crippen LogP contribution is -2.50. The summed E-state index contributed by atoms with van der Waals surface area (Å²) >= 11 is 0. The molecule has 0 atom stereocenters. The van der Waals surface area contributed by atoms with Gasteiger partial charge >= 0.3 is 5.97 Å². The van der Waals surface area contributed by atoms with Gasteiger partial charge in [-0.3, -0.25) is 4.90 Å². The van der Waals surface area contributed by atoms with Crippen LogP contribution in [0.2, 0.25) is 0 Å². The highest BCUT2D eigenvalue weighted by atomic mass is 16.4. The van der Waals surface area contributed by atoms with Crippen molar-refractivity contribution >= 4 is 11.7 Å². The number of carboxylic acid groups (broad SMARTS) is 1. The molecule has 1 aliphatic heterocycles. The van der Waals surface area contributed by atoms with E-state index in [4.69, 9.17) is 5.11 Å². The maximum absolute atomic E-state index is 10.8. The van der Waals surface area contributed by atoms with E-state index in [1.165, 1.54) is 6.07 Å². The van der Waals surface area contributed by atoms with Crippen molar-refractivity contribution in [1.82, 2.24) is 9.88 Å². The number of anilines is 1. The molecule has 1 fully saturated rings. The van der Waals surface area contributed by atoms with Crippen LogP contribution in [-0.4, -0.2) is 64.4 Å². The maximum atomic E-state index is 10.8. The number of piperazine rings is 1. The number of hydrogen-bond acceptors (Lipinski definition) is 5. The van der Waals surface area contributed by atoms with Gasteiger partial charge in [-0.2, -0.15) is 0 Å². The Morgan fingerprint density at radius 2 is 1.95 bits per heavy atom. The van der Waals surface area contributed by atoms with Crippen LogP contribution in [0.3, 0.4) is 0 Å². The van der Waals surface area contributed by atoms with Crippen LogP contribution in [-0.2, 0) is 0 Å². The second-order valence-electron chi connectivity index (χ2n) is 5.78. The summed E-state index contributed by atoms with van der Waals surface area (Å²) < 4.78 is 0. The molecule has 6 heteroatoms. The molecule has 1 saturated heterocycles. The van der Waals surface area contributed by atoms with E-state index in [9.17, 15) is 9.90 Å². The van der Waals surface area contributed by atoms with Gasteiger partial charge in [0.1, 0.15) is 5.69 Å². The van der Waals surface area contributed by atoms with E-state index in [2.05, 4.69) is 14.8 Å². The van der Waals surface area contributed by atoms with Gasteiger partial charge in [-0.05, 0) is 26.0 Å². The summed E-state index contributed by atoms with van der Waals surface area (Å²) in [5.74, 6) is -1.01. The van der Waals surface area contributed by atoms with Crippen LogP contribution in [0.4, 0.5) is 5.69 Å². The third kappa shape index (κ3) is 3.91. The zero-order valence-electron chi connectivity index (χ0n) is 11.9. The lowest BCUT2D eigenvalue weighted by atomic mass is 10.1. The minimum Gasteiger partial charge on any atom is -0.477 e. The van der Waals surface area contributed by atoms with E-state index in [-0.39, 0.29) is 5.69 Å². The first-order chi connectivity index (χ1) is 9.35. The van der Waals surface area contributed by atoms with Gasteiger partial charge in [0.05, 0.1) is 17.5 Å². The summed E-state index contributed by atoms with van der Waals surface area (Å²) in [5.41, 5.74) is 0.333. The van der Waals surface area contributed by atoms with Crippen molar-refractivity contribution < 1.29 is 15.0 Å². The highest BCUT2D eigenvalue weighted by Gasteiger charge is 2.23. The molecule has 0 spiro atoms. The van der Waals surface area contributed by atoms with Gasteiger partial charge in [-0.1, -0.05) is 0 Å². The standard InChI is InChI=1S/C14H21N3O3/c1-14(2,20)10-16-5-7-17(8-6-16)11-3-4-12(13(18)19)15-9-11/h3-4,9,20H,5-8,10H2,1-2H3,(H,18,19). The Kier molecular flexibility index (Phi) is 4.25. The molecule has 1 aliphatic rings. The molecule has 0 aromatic carbocycles. The van der Waals surface area contributed by atoms with Crippen molar-refractivity contribution in [3.63, 3.8) is 0 Å². The van der Waals surface area contributed by atoms with Gasteiger partial charge in [-0.15, -0.1) is 0 Å². The van der Waals surface area contributed by atoms with E-state index in [0.717, 1.165) is 31.9 Å². The van der Waals surface area contributed by atoms with Crippen LogP contribution < -0.4 is 4.90 Å². The smallest absolute Gasteiger partial charge is 0.354 e. The molecule has 0 unspecified atom stereocenters. The Morgan fingerprint density at radius 3 is 2.40 bits per heavy atom. The lowest BCUT2D eigenvalue weighted by molar-refractivity contribution is 0.0345. The number of rotatable bonds is 4. The van der Waals surface area contributed by atoms with Crippen LogP contribution in [0.5, 0.6) is 0 Å². The molecular formula is C14H21N3O3. The van der Waals surface area contributed by atoms with E-state index in [1.807, 2.05) is 13.8 Å². The molecule has 0 radical (unpaired) electrons. The van der Waals surface area contributed by atoms with Gasteiger partial charge in [0.2, 0.25) is 0 Å². The minimum absolute atomic E-state index is 0.0643. The predicted molar refractivity (Wildman–Crippen MR) is 76.1 cm³/mol. The molecule has 0 saturated carbocycles. The summed E-state index contributed by atoms with van der Waals surface area (Å²) in [6.45, 7) is 7.75. The fourth-order valence-electron chi connectivity index (χ4n) is 2.41. The van der Waals surface area contributed by atoms with Gasteiger partial charge in [-0.25, -0.2) is 9.78 Å². The number of aromatic nitrogens is 1. The summed E-state index contributed by atoms with van der Waals surface area (Å²) in [7, 11) is 0. The summed E-state index contributed by atoms with van der Waals surface area (Å²) in [6, 6.07) is 3.32. The second kappa shape index (κ2) is 5.76. The average molecular weight is 279 g/mol. The van der Waals surface area contributed by atoms with Crippen LogP contribution in [0.15, 0.2) is 18.3 Å².